The van der Waals surface area contributed by atoms with Crippen molar-refractivity contribution >= 4 is 55.5 Å². The summed E-state index contributed by atoms with van der Waals surface area (Å²) in [6.45, 7) is 0. The third-order valence-corrected chi connectivity index (χ3v) is 3.34. The molecule has 0 bridgehead atoms. The summed E-state index contributed by atoms with van der Waals surface area (Å²) in [5, 5.41) is 13.5. The molecule has 9 heteroatoms. The summed E-state index contributed by atoms with van der Waals surface area (Å²) in [7, 11) is 0. The third kappa shape index (κ3) is 5.17. The van der Waals surface area contributed by atoms with Crippen LogP contribution in [0.5, 0.6) is 0 Å². The number of carbonyl (C=O) groups excluding carboxylic acids is 2. The van der Waals surface area contributed by atoms with E-state index < -0.39 is 30.4 Å². The first-order chi connectivity index (χ1) is 9.29. The van der Waals surface area contributed by atoms with Crippen molar-refractivity contribution in [2.75, 3.05) is 5.32 Å². The van der Waals surface area contributed by atoms with Gasteiger partial charge in [-0.3, -0.25) is 4.79 Å². The number of primary amides is 1. The number of anilines is 1. The quantitative estimate of drug-likeness (QED) is 0.591. The Bertz CT molecular complexity index is 550. The van der Waals surface area contributed by atoms with Crippen LogP contribution in [-0.2, 0) is 9.59 Å². The Morgan fingerprint density at radius 1 is 1.30 bits per heavy atom. The zero-order valence-corrected chi connectivity index (χ0v) is 13.2. The largest absolute Gasteiger partial charge is 0.480 e. The van der Waals surface area contributed by atoms with Crippen LogP contribution in [0.15, 0.2) is 27.1 Å². The Labute approximate surface area is 131 Å². The molecule has 0 unspecified atom stereocenters. The van der Waals surface area contributed by atoms with E-state index in [9.17, 15) is 14.4 Å². The number of carboxylic acids is 1. The Balaban J connectivity index is 2.70. The van der Waals surface area contributed by atoms with Gasteiger partial charge < -0.3 is 21.5 Å². The average molecular weight is 409 g/mol. The van der Waals surface area contributed by atoms with Gasteiger partial charge in [-0.15, -0.1) is 0 Å². The highest BCUT2D eigenvalue weighted by molar-refractivity contribution is 9.11. The Hall–Kier alpha value is -1.61. The second-order valence-corrected chi connectivity index (χ2v) is 5.55. The average Bonchev–Trinajstić information content (AvgIpc) is 2.31. The molecule has 0 aliphatic heterocycles. The minimum Gasteiger partial charge on any atom is -0.480 e. The number of urea groups is 1. The highest BCUT2D eigenvalue weighted by Crippen LogP contribution is 2.25. The van der Waals surface area contributed by atoms with E-state index in [4.69, 9.17) is 10.8 Å². The SMILES string of the molecule is NC(=O)C[C@@H](NC(=O)Nc1ccc(Br)cc1Br)C(=O)O. The Morgan fingerprint density at radius 3 is 2.45 bits per heavy atom. The fourth-order valence-corrected chi connectivity index (χ4v) is 2.45. The summed E-state index contributed by atoms with van der Waals surface area (Å²) >= 11 is 6.51. The fourth-order valence-electron chi connectivity index (χ4n) is 1.31. The molecule has 20 heavy (non-hydrogen) atoms. The van der Waals surface area contributed by atoms with E-state index in [1.807, 2.05) is 0 Å². The number of nitrogens with one attached hydrogen (secondary N) is 2. The van der Waals surface area contributed by atoms with Gasteiger partial charge in [0.2, 0.25) is 5.91 Å². The number of hydrogen-bond donors (Lipinski definition) is 4. The van der Waals surface area contributed by atoms with Crippen LogP contribution in [0.3, 0.4) is 0 Å². The second-order valence-electron chi connectivity index (χ2n) is 3.78. The summed E-state index contributed by atoms with van der Waals surface area (Å²) < 4.78 is 1.43. The van der Waals surface area contributed by atoms with Crippen molar-refractivity contribution in [1.82, 2.24) is 5.32 Å². The van der Waals surface area contributed by atoms with Crippen molar-refractivity contribution in [3.63, 3.8) is 0 Å². The highest BCUT2D eigenvalue weighted by Gasteiger charge is 2.22. The van der Waals surface area contributed by atoms with Crippen molar-refractivity contribution in [1.29, 1.82) is 0 Å². The molecule has 1 rings (SSSR count). The number of nitrogens with two attached hydrogens (primary N) is 1. The zero-order chi connectivity index (χ0) is 15.3. The van der Waals surface area contributed by atoms with Crippen molar-refractivity contribution in [2.45, 2.75) is 12.5 Å². The molecule has 0 spiro atoms. The molecule has 0 aromatic heterocycles. The highest BCUT2D eigenvalue weighted by atomic mass is 79.9. The van der Waals surface area contributed by atoms with Crippen LogP contribution in [0.1, 0.15) is 6.42 Å². The molecule has 0 heterocycles. The maximum atomic E-state index is 11.7. The predicted octanol–water partition coefficient (Wildman–Crippen LogP) is 1.66. The number of hydrogen-bond acceptors (Lipinski definition) is 3. The van der Waals surface area contributed by atoms with E-state index in [2.05, 4.69) is 42.5 Å². The van der Waals surface area contributed by atoms with E-state index >= 15 is 0 Å². The lowest BCUT2D eigenvalue weighted by molar-refractivity contribution is -0.140. The normalized spacial score (nSPS) is 11.5. The molecule has 0 radical (unpaired) electrons. The fraction of sp³-hybridized carbons (Fsp3) is 0.182. The molecule has 0 fully saturated rings. The minimum atomic E-state index is -1.37. The maximum absolute atomic E-state index is 11.7. The molecular weight excluding hydrogens is 398 g/mol. The predicted molar refractivity (Wildman–Crippen MR) is 79.2 cm³/mol. The summed E-state index contributed by atoms with van der Waals surface area (Å²) in [6.07, 6.45) is -0.482. The standard InChI is InChI=1S/C11H11Br2N3O4/c12-5-1-2-7(6(13)3-5)15-11(20)16-8(10(18)19)4-9(14)17/h1-3,8H,4H2,(H2,14,17)(H,18,19)(H2,15,16,20)/t8-/m1/s1. The van der Waals surface area contributed by atoms with Crippen LogP contribution in [0.4, 0.5) is 10.5 Å². The van der Waals surface area contributed by atoms with Gasteiger partial charge in [-0.25, -0.2) is 9.59 Å². The van der Waals surface area contributed by atoms with E-state index in [1.165, 1.54) is 0 Å². The third-order valence-electron chi connectivity index (χ3n) is 2.19. The molecular formula is C11H11Br2N3O4. The van der Waals surface area contributed by atoms with E-state index in [1.54, 1.807) is 18.2 Å². The van der Waals surface area contributed by atoms with Crippen LogP contribution in [0, 0.1) is 0 Å². The van der Waals surface area contributed by atoms with Gasteiger partial charge in [0.1, 0.15) is 6.04 Å². The van der Waals surface area contributed by atoms with Gasteiger partial charge in [-0.2, -0.15) is 0 Å². The number of carbonyl (C=O) groups is 3. The maximum Gasteiger partial charge on any atom is 0.326 e. The van der Waals surface area contributed by atoms with Crippen LogP contribution in [0.2, 0.25) is 0 Å². The topological polar surface area (TPSA) is 122 Å². The van der Waals surface area contributed by atoms with Gasteiger partial charge in [-0.1, -0.05) is 15.9 Å². The van der Waals surface area contributed by atoms with Crippen LogP contribution < -0.4 is 16.4 Å². The summed E-state index contributed by atoms with van der Waals surface area (Å²) in [4.78, 5) is 33.3. The van der Waals surface area contributed by atoms with E-state index in [-0.39, 0.29) is 0 Å². The number of rotatable bonds is 5. The van der Waals surface area contributed by atoms with Crippen LogP contribution in [0.25, 0.3) is 0 Å². The summed E-state index contributed by atoms with van der Waals surface area (Å²) in [6, 6.07) is 2.92. The van der Waals surface area contributed by atoms with Gasteiger partial charge in [0.15, 0.2) is 0 Å². The van der Waals surface area contributed by atoms with Crippen molar-refractivity contribution < 1.29 is 19.5 Å². The lowest BCUT2D eigenvalue weighted by atomic mass is 10.2. The number of carboxylic acid groups (broad SMARTS) is 1. The molecule has 108 valence electrons. The lowest BCUT2D eigenvalue weighted by Gasteiger charge is -2.14. The second kappa shape index (κ2) is 7.25. The molecule has 7 nitrogen and oxygen atoms in total. The minimum absolute atomic E-state index is 0.453. The number of halogens is 2. The number of benzene rings is 1. The molecule has 1 aromatic rings. The van der Waals surface area contributed by atoms with Gasteiger partial charge >= 0.3 is 12.0 Å². The molecule has 0 aliphatic rings. The smallest absolute Gasteiger partial charge is 0.326 e. The molecule has 0 aliphatic carbocycles. The van der Waals surface area contributed by atoms with E-state index in [0.717, 1.165) is 4.47 Å². The molecule has 0 saturated heterocycles. The van der Waals surface area contributed by atoms with Crippen LogP contribution >= 0.6 is 31.9 Å². The van der Waals surface area contributed by atoms with E-state index in [0.29, 0.717) is 10.2 Å². The Morgan fingerprint density at radius 2 is 1.95 bits per heavy atom. The zero-order valence-electron chi connectivity index (χ0n) is 10.0. The number of aliphatic carboxylic acids is 1. The van der Waals surface area contributed by atoms with Gasteiger partial charge in [0, 0.05) is 8.95 Å². The summed E-state index contributed by atoms with van der Waals surface area (Å²) in [5.74, 6) is -2.16. The first-order valence-electron chi connectivity index (χ1n) is 5.33. The molecule has 5 N–H and O–H groups in total. The van der Waals surface area contributed by atoms with Crippen molar-refractivity contribution in [2.24, 2.45) is 5.73 Å². The lowest BCUT2D eigenvalue weighted by Crippen LogP contribution is -2.45. The Kier molecular flexibility index (Phi) is 5.96. The van der Waals surface area contributed by atoms with Gasteiger partial charge in [0.25, 0.3) is 0 Å². The van der Waals surface area contributed by atoms with Crippen molar-refractivity contribution in [3.05, 3.63) is 27.1 Å². The first kappa shape index (κ1) is 16.4. The molecule has 1 aromatic carbocycles. The van der Waals surface area contributed by atoms with Crippen LogP contribution in [-0.4, -0.2) is 29.1 Å². The van der Waals surface area contributed by atoms with Gasteiger partial charge in [0.05, 0.1) is 12.1 Å². The summed E-state index contributed by atoms with van der Waals surface area (Å²) in [5.41, 5.74) is 5.37. The number of amides is 3. The first-order valence-corrected chi connectivity index (χ1v) is 6.92. The monoisotopic (exact) mass is 407 g/mol. The molecule has 1 atom stereocenters. The molecule has 3 amide bonds. The molecule has 0 saturated carbocycles. The van der Waals surface area contributed by atoms with Gasteiger partial charge in [-0.05, 0) is 34.1 Å². The van der Waals surface area contributed by atoms with Crippen molar-refractivity contribution in [3.8, 4) is 0 Å².